The predicted molar refractivity (Wildman–Crippen MR) is 65.7 cm³/mol. The molecule has 0 saturated carbocycles. The summed E-state index contributed by atoms with van der Waals surface area (Å²) in [7, 11) is -0.536. The van der Waals surface area contributed by atoms with Crippen LogP contribution in [0, 0.1) is 0 Å². The van der Waals surface area contributed by atoms with Crippen molar-refractivity contribution in [3.63, 3.8) is 0 Å². The smallest absolute Gasteiger partial charge is 0.307 e. The first-order chi connectivity index (χ1) is 8.38. The van der Waals surface area contributed by atoms with Crippen LogP contribution >= 0.6 is 0 Å². The van der Waals surface area contributed by atoms with E-state index in [-0.39, 0.29) is 18.7 Å². The standard InChI is InChI=1S/C11H19NO5S/c1-12(7-6-10(13)17-2)11(14)9-5-3-4-8-18(9,15)16/h9H,3-8H2,1-2H3. The summed E-state index contributed by atoms with van der Waals surface area (Å²) in [6.45, 7) is 0.178. The molecule has 1 amide bonds. The monoisotopic (exact) mass is 277 g/mol. The number of hydrogen-bond acceptors (Lipinski definition) is 5. The normalized spacial score (nSPS) is 22.2. The summed E-state index contributed by atoms with van der Waals surface area (Å²) in [6, 6.07) is 0. The molecule has 0 radical (unpaired) electrons. The van der Waals surface area contributed by atoms with Crippen molar-refractivity contribution in [3.05, 3.63) is 0 Å². The second-order valence-corrected chi connectivity index (χ2v) is 6.74. The molecule has 7 heteroatoms. The highest BCUT2D eigenvalue weighted by Gasteiger charge is 2.36. The number of sulfone groups is 1. The van der Waals surface area contributed by atoms with Gasteiger partial charge in [-0.1, -0.05) is 6.42 Å². The molecule has 1 aliphatic heterocycles. The summed E-state index contributed by atoms with van der Waals surface area (Å²) in [5, 5.41) is -0.936. The molecule has 0 spiro atoms. The Bertz CT molecular complexity index is 417. The van der Waals surface area contributed by atoms with E-state index in [4.69, 9.17) is 0 Å². The van der Waals surface area contributed by atoms with E-state index in [1.165, 1.54) is 19.1 Å². The number of amides is 1. The summed E-state index contributed by atoms with van der Waals surface area (Å²) < 4.78 is 28.0. The van der Waals surface area contributed by atoms with Crippen LogP contribution in [0.15, 0.2) is 0 Å². The van der Waals surface area contributed by atoms with E-state index in [9.17, 15) is 18.0 Å². The van der Waals surface area contributed by atoms with E-state index >= 15 is 0 Å². The third-order valence-electron chi connectivity index (χ3n) is 3.11. The highest BCUT2D eigenvalue weighted by Crippen LogP contribution is 2.21. The van der Waals surface area contributed by atoms with Crippen LogP contribution in [-0.4, -0.2) is 56.9 Å². The average molecular weight is 277 g/mol. The lowest BCUT2D eigenvalue weighted by molar-refractivity contribution is -0.141. The van der Waals surface area contributed by atoms with Gasteiger partial charge in [-0.2, -0.15) is 0 Å². The largest absolute Gasteiger partial charge is 0.469 e. The SMILES string of the molecule is COC(=O)CCN(C)C(=O)C1CCCCS1(=O)=O. The van der Waals surface area contributed by atoms with Crippen LogP contribution in [0.4, 0.5) is 0 Å². The third-order valence-corrected chi connectivity index (χ3v) is 5.27. The molecule has 1 atom stereocenters. The predicted octanol–water partition coefficient (Wildman–Crippen LogP) is -0.0248. The lowest BCUT2D eigenvalue weighted by Crippen LogP contribution is -2.44. The Morgan fingerprint density at radius 1 is 1.33 bits per heavy atom. The van der Waals surface area contributed by atoms with Crippen LogP contribution in [0.25, 0.3) is 0 Å². The van der Waals surface area contributed by atoms with Crippen molar-refractivity contribution in [1.82, 2.24) is 4.90 Å². The fourth-order valence-electron chi connectivity index (χ4n) is 1.95. The van der Waals surface area contributed by atoms with Crippen LogP contribution in [0.2, 0.25) is 0 Å². The summed E-state index contributed by atoms with van der Waals surface area (Å²) in [5.41, 5.74) is 0. The van der Waals surface area contributed by atoms with Gasteiger partial charge in [0.2, 0.25) is 5.91 Å². The lowest BCUT2D eigenvalue weighted by atomic mass is 10.1. The van der Waals surface area contributed by atoms with E-state index < -0.39 is 27.0 Å². The van der Waals surface area contributed by atoms with Crippen molar-refractivity contribution < 1.29 is 22.7 Å². The van der Waals surface area contributed by atoms with Gasteiger partial charge >= 0.3 is 5.97 Å². The Morgan fingerprint density at radius 3 is 2.56 bits per heavy atom. The molecule has 0 aromatic rings. The van der Waals surface area contributed by atoms with Crippen molar-refractivity contribution in [3.8, 4) is 0 Å². The fraction of sp³-hybridized carbons (Fsp3) is 0.818. The quantitative estimate of drug-likeness (QED) is 0.674. The number of nitrogens with zero attached hydrogens (tertiary/aromatic N) is 1. The third kappa shape index (κ3) is 3.69. The van der Waals surface area contributed by atoms with Crippen LogP contribution in [0.1, 0.15) is 25.7 Å². The second-order valence-electron chi connectivity index (χ2n) is 4.44. The lowest BCUT2D eigenvalue weighted by Gasteiger charge is -2.26. The zero-order valence-corrected chi connectivity index (χ0v) is 11.5. The molecule has 1 heterocycles. The topological polar surface area (TPSA) is 80.8 Å². The van der Waals surface area contributed by atoms with E-state index in [2.05, 4.69) is 4.74 Å². The first kappa shape index (κ1) is 14.9. The first-order valence-electron chi connectivity index (χ1n) is 5.92. The van der Waals surface area contributed by atoms with Crippen molar-refractivity contribution in [1.29, 1.82) is 0 Å². The maximum absolute atomic E-state index is 12.0. The van der Waals surface area contributed by atoms with Crippen LogP contribution < -0.4 is 0 Å². The zero-order valence-electron chi connectivity index (χ0n) is 10.7. The molecule has 1 unspecified atom stereocenters. The summed E-state index contributed by atoms with van der Waals surface area (Å²) in [4.78, 5) is 24.3. The summed E-state index contributed by atoms with van der Waals surface area (Å²) in [6.07, 6.45) is 1.83. The molecular weight excluding hydrogens is 258 g/mol. The number of carbonyl (C=O) groups is 2. The molecule has 0 aromatic carbocycles. The highest BCUT2D eigenvalue weighted by atomic mass is 32.2. The van der Waals surface area contributed by atoms with Gasteiger partial charge in [0, 0.05) is 13.6 Å². The van der Waals surface area contributed by atoms with Gasteiger partial charge in [0.25, 0.3) is 0 Å². The Hall–Kier alpha value is -1.11. The van der Waals surface area contributed by atoms with Crippen LogP contribution in [-0.2, 0) is 24.2 Å². The van der Waals surface area contributed by atoms with Gasteiger partial charge in [-0.3, -0.25) is 9.59 Å². The number of carbonyl (C=O) groups excluding carboxylic acids is 2. The minimum atomic E-state index is -3.32. The summed E-state index contributed by atoms with van der Waals surface area (Å²) in [5.74, 6) is -0.756. The molecule has 104 valence electrons. The van der Waals surface area contributed by atoms with E-state index in [0.717, 1.165) is 6.42 Å². The minimum absolute atomic E-state index is 0.0749. The van der Waals surface area contributed by atoms with Gasteiger partial charge in [-0.05, 0) is 12.8 Å². The molecule has 1 aliphatic rings. The van der Waals surface area contributed by atoms with Crippen LogP contribution in [0.3, 0.4) is 0 Å². The number of hydrogen-bond donors (Lipinski definition) is 0. The second kappa shape index (κ2) is 6.17. The van der Waals surface area contributed by atoms with Crippen molar-refractivity contribution in [2.45, 2.75) is 30.9 Å². The average Bonchev–Trinajstić information content (AvgIpc) is 2.34. The molecule has 1 fully saturated rings. The Balaban J connectivity index is 2.60. The van der Waals surface area contributed by atoms with Gasteiger partial charge in [-0.25, -0.2) is 8.42 Å². The van der Waals surface area contributed by atoms with Crippen molar-refractivity contribution >= 4 is 21.7 Å². The molecule has 0 aromatic heterocycles. The molecule has 0 aliphatic carbocycles. The Labute approximate surface area is 107 Å². The molecular formula is C11H19NO5S. The number of rotatable bonds is 4. The number of methoxy groups -OCH3 is 1. The molecule has 6 nitrogen and oxygen atoms in total. The molecule has 0 bridgehead atoms. The van der Waals surface area contributed by atoms with Crippen LogP contribution in [0.5, 0.6) is 0 Å². The first-order valence-corrected chi connectivity index (χ1v) is 7.63. The van der Waals surface area contributed by atoms with Gasteiger partial charge in [0.1, 0.15) is 5.25 Å². The number of ether oxygens (including phenoxy) is 1. The Morgan fingerprint density at radius 2 is 2.00 bits per heavy atom. The highest BCUT2D eigenvalue weighted by molar-refractivity contribution is 7.92. The van der Waals surface area contributed by atoms with E-state index in [1.54, 1.807) is 0 Å². The van der Waals surface area contributed by atoms with Gasteiger partial charge in [0.15, 0.2) is 9.84 Å². The van der Waals surface area contributed by atoms with Gasteiger partial charge in [0.05, 0.1) is 19.3 Å². The van der Waals surface area contributed by atoms with E-state index in [0.29, 0.717) is 12.8 Å². The van der Waals surface area contributed by atoms with Gasteiger partial charge in [-0.15, -0.1) is 0 Å². The van der Waals surface area contributed by atoms with Gasteiger partial charge < -0.3 is 9.64 Å². The molecule has 1 rings (SSSR count). The molecule has 1 saturated heterocycles. The van der Waals surface area contributed by atoms with Crippen molar-refractivity contribution in [2.75, 3.05) is 26.5 Å². The minimum Gasteiger partial charge on any atom is -0.469 e. The maximum atomic E-state index is 12.0. The Kier molecular flexibility index (Phi) is 5.13. The zero-order chi connectivity index (χ0) is 13.8. The molecule has 18 heavy (non-hydrogen) atoms. The fourth-order valence-corrected chi connectivity index (χ4v) is 3.85. The van der Waals surface area contributed by atoms with Crippen molar-refractivity contribution in [2.24, 2.45) is 0 Å². The molecule has 0 N–H and O–H groups in total. The number of esters is 1. The van der Waals surface area contributed by atoms with E-state index in [1.807, 2.05) is 0 Å². The summed E-state index contributed by atoms with van der Waals surface area (Å²) >= 11 is 0. The maximum Gasteiger partial charge on any atom is 0.307 e.